The van der Waals surface area contributed by atoms with Crippen LogP contribution < -0.4 is 9.79 Å². The summed E-state index contributed by atoms with van der Waals surface area (Å²) in [7, 11) is -2.65. The fourth-order valence-corrected chi connectivity index (χ4v) is 0.667. The molecular weight excluding hydrogens is 151 g/mol. The molecular formula is C6H13O3P-2. The van der Waals surface area contributed by atoms with E-state index in [0.717, 1.165) is 6.42 Å². The molecule has 0 saturated carbocycles. The maximum absolute atomic E-state index is 9.90. The van der Waals surface area contributed by atoms with Crippen molar-refractivity contribution >= 4 is 8.60 Å². The normalized spacial score (nSPS) is 12.6. The van der Waals surface area contributed by atoms with E-state index in [1.54, 1.807) is 0 Å². The van der Waals surface area contributed by atoms with E-state index >= 15 is 0 Å². The first-order chi connectivity index (χ1) is 4.42. The molecule has 10 heavy (non-hydrogen) atoms. The Morgan fingerprint density at radius 2 is 1.80 bits per heavy atom. The maximum atomic E-state index is 9.90. The Hall–Kier alpha value is 0.310. The van der Waals surface area contributed by atoms with Crippen LogP contribution in [-0.2, 0) is 4.52 Å². The van der Waals surface area contributed by atoms with Gasteiger partial charge in [0.05, 0.1) is 0 Å². The van der Waals surface area contributed by atoms with Gasteiger partial charge in [-0.05, 0) is 11.8 Å². The topological polar surface area (TPSA) is 55.3 Å². The SMILES string of the molecule is CC(C)(C)CCOP([O-])[O-]. The summed E-state index contributed by atoms with van der Waals surface area (Å²) in [6.45, 7) is 6.40. The van der Waals surface area contributed by atoms with Crippen molar-refractivity contribution in [1.29, 1.82) is 0 Å². The highest BCUT2D eigenvalue weighted by molar-refractivity contribution is 7.36. The zero-order chi connectivity index (χ0) is 8.20. The molecule has 0 unspecified atom stereocenters. The first kappa shape index (κ1) is 10.3. The molecule has 0 fully saturated rings. The van der Waals surface area contributed by atoms with E-state index in [2.05, 4.69) is 4.52 Å². The fourth-order valence-electron chi connectivity index (χ4n) is 0.426. The van der Waals surface area contributed by atoms with Gasteiger partial charge in [-0.15, -0.1) is 0 Å². The molecule has 0 amide bonds. The van der Waals surface area contributed by atoms with Crippen molar-refractivity contribution in [2.75, 3.05) is 6.61 Å². The van der Waals surface area contributed by atoms with Crippen LogP contribution >= 0.6 is 8.60 Å². The lowest BCUT2D eigenvalue weighted by Gasteiger charge is -2.30. The predicted molar refractivity (Wildman–Crippen MR) is 36.9 cm³/mol. The Morgan fingerprint density at radius 3 is 2.10 bits per heavy atom. The lowest BCUT2D eigenvalue weighted by atomic mass is 9.93. The molecule has 3 nitrogen and oxygen atoms in total. The fraction of sp³-hybridized carbons (Fsp3) is 1.00. The smallest absolute Gasteiger partial charge is 0.0481 e. The Bertz CT molecular complexity index is 87.5. The molecule has 62 valence electrons. The van der Waals surface area contributed by atoms with Crippen molar-refractivity contribution in [3.63, 3.8) is 0 Å². The molecule has 0 bridgehead atoms. The van der Waals surface area contributed by atoms with E-state index in [-0.39, 0.29) is 5.41 Å². The molecule has 0 heterocycles. The Morgan fingerprint density at radius 1 is 1.30 bits per heavy atom. The molecule has 0 aliphatic rings. The number of hydrogen-bond donors (Lipinski definition) is 0. The van der Waals surface area contributed by atoms with Crippen LogP contribution in [0.1, 0.15) is 27.2 Å². The molecule has 0 saturated heterocycles. The summed E-state index contributed by atoms with van der Waals surface area (Å²) < 4.78 is 4.37. The van der Waals surface area contributed by atoms with Crippen molar-refractivity contribution in [1.82, 2.24) is 0 Å². The summed E-state index contributed by atoms with van der Waals surface area (Å²) in [4.78, 5) is 19.8. The third kappa shape index (κ3) is 8.31. The van der Waals surface area contributed by atoms with Crippen LogP contribution in [0.5, 0.6) is 0 Å². The second-order valence-electron chi connectivity index (χ2n) is 3.37. The molecule has 0 aromatic carbocycles. The standard InChI is InChI=1S/C6H13O3P/c1-6(2,3)4-5-9-10(7)8/h4-5H2,1-3H3/q-2. The summed E-state index contributed by atoms with van der Waals surface area (Å²) in [6, 6.07) is 0. The molecule has 0 N–H and O–H groups in total. The Labute approximate surface area is 63.0 Å². The van der Waals surface area contributed by atoms with Crippen molar-refractivity contribution in [2.24, 2.45) is 5.41 Å². The average Bonchev–Trinajstić information content (AvgIpc) is 1.59. The molecule has 0 aromatic rings. The van der Waals surface area contributed by atoms with Gasteiger partial charge < -0.3 is 14.3 Å². The zero-order valence-corrected chi connectivity index (χ0v) is 7.48. The van der Waals surface area contributed by atoms with Crippen LogP contribution in [0.4, 0.5) is 0 Å². The molecule has 0 spiro atoms. The van der Waals surface area contributed by atoms with Crippen molar-refractivity contribution in [2.45, 2.75) is 27.2 Å². The number of hydrogen-bond acceptors (Lipinski definition) is 3. The van der Waals surface area contributed by atoms with E-state index in [9.17, 15) is 9.79 Å². The minimum atomic E-state index is -2.65. The molecule has 0 aromatic heterocycles. The molecule has 0 aliphatic carbocycles. The van der Waals surface area contributed by atoms with Gasteiger partial charge in [0.2, 0.25) is 0 Å². The second-order valence-corrected chi connectivity index (χ2v) is 4.07. The van der Waals surface area contributed by atoms with Gasteiger partial charge in [0.15, 0.2) is 0 Å². The highest BCUT2D eigenvalue weighted by Crippen LogP contribution is 2.21. The van der Waals surface area contributed by atoms with E-state index in [4.69, 9.17) is 0 Å². The van der Waals surface area contributed by atoms with Gasteiger partial charge in [0, 0.05) is 6.61 Å². The van der Waals surface area contributed by atoms with Gasteiger partial charge in [-0.2, -0.15) is 8.60 Å². The van der Waals surface area contributed by atoms with Gasteiger partial charge in [-0.3, -0.25) is 0 Å². The summed E-state index contributed by atoms with van der Waals surface area (Å²) in [5.74, 6) is 0. The van der Waals surface area contributed by atoms with E-state index < -0.39 is 8.60 Å². The van der Waals surface area contributed by atoms with Crippen LogP contribution in [0, 0.1) is 5.41 Å². The summed E-state index contributed by atoms with van der Waals surface area (Å²) in [5, 5.41) is 0. The van der Waals surface area contributed by atoms with Gasteiger partial charge in [-0.25, -0.2) is 0 Å². The minimum absolute atomic E-state index is 0.144. The third-order valence-corrected chi connectivity index (χ3v) is 1.44. The lowest BCUT2D eigenvalue weighted by Crippen LogP contribution is -2.14. The van der Waals surface area contributed by atoms with Crippen molar-refractivity contribution in [3.8, 4) is 0 Å². The minimum Gasteiger partial charge on any atom is -0.820 e. The average molecular weight is 164 g/mol. The second kappa shape index (κ2) is 4.24. The van der Waals surface area contributed by atoms with E-state index in [1.807, 2.05) is 20.8 Å². The van der Waals surface area contributed by atoms with Gasteiger partial charge in [0.1, 0.15) is 0 Å². The third-order valence-electron chi connectivity index (χ3n) is 1.05. The van der Waals surface area contributed by atoms with Crippen LogP contribution in [-0.4, -0.2) is 6.61 Å². The van der Waals surface area contributed by atoms with Gasteiger partial charge in [0.25, 0.3) is 0 Å². The highest BCUT2D eigenvalue weighted by atomic mass is 31.2. The zero-order valence-electron chi connectivity index (χ0n) is 6.59. The Kier molecular flexibility index (Phi) is 4.37. The van der Waals surface area contributed by atoms with E-state index in [1.165, 1.54) is 0 Å². The van der Waals surface area contributed by atoms with Gasteiger partial charge >= 0.3 is 0 Å². The quantitative estimate of drug-likeness (QED) is 0.567. The molecule has 0 atom stereocenters. The molecule has 4 heteroatoms. The summed E-state index contributed by atoms with van der Waals surface area (Å²) in [5.41, 5.74) is 0.144. The molecule has 0 radical (unpaired) electrons. The van der Waals surface area contributed by atoms with Crippen molar-refractivity contribution < 1.29 is 14.3 Å². The van der Waals surface area contributed by atoms with Crippen molar-refractivity contribution in [3.05, 3.63) is 0 Å². The molecule has 0 rings (SSSR count). The number of rotatable bonds is 3. The largest absolute Gasteiger partial charge is 0.820 e. The highest BCUT2D eigenvalue weighted by Gasteiger charge is 2.08. The summed E-state index contributed by atoms with van der Waals surface area (Å²) in [6.07, 6.45) is 0.760. The predicted octanol–water partition coefficient (Wildman–Crippen LogP) is 0.387. The molecule has 0 aliphatic heterocycles. The van der Waals surface area contributed by atoms with E-state index in [0.29, 0.717) is 6.61 Å². The lowest BCUT2D eigenvalue weighted by molar-refractivity contribution is -0.318. The van der Waals surface area contributed by atoms with Crippen LogP contribution in [0.3, 0.4) is 0 Å². The van der Waals surface area contributed by atoms with Gasteiger partial charge in [-0.1, -0.05) is 20.8 Å². The van der Waals surface area contributed by atoms with Crippen LogP contribution in [0.15, 0.2) is 0 Å². The van der Waals surface area contributed by atoms with Crippen LogP contribution in [0.25, 0.3) is 0 Å². The van der Waals surface area contributed by atoms with Crippen LogP contribution in [0.2, 0.25) is 0 Å². The first-order valence-electron chi connectivity index (χ1n) is 3.19. The monoisotopic (exact) mass is 164 g/mol. The summed E-state index contributed by atoms with van der Waals surface area (Å²) >= 11 is 0. The first-order valence-corrected chi connectivity index (χ1v) is 4.29. The Balaban J connectivity index is 3.21. The maximum Gasteiger partial charge on any atom is 0.0481 e.